The molecule has 0 atom stereocenters. The summed E-state index contributed by atoms with van der Waals surface area (Å²) < 4.78 is 24.0. The molecule has 1 N–H and O–H groups in total. The summed E-state index contributed by atoms with van der Waals surface area (Å²) >= 11 is 7.15. The van der Waals surface area contributed by atoms with Gasteiger partial charge in [-0.25, -0.2) is 13.8 Å². The Morgan fingerprint density at radius 1 is 1.35 bits per heavy atom. The monoisotopic (exact) mass is 316 g/mol. The molecule has 20 heavy (non-hydrogen) atoms. The van der Waals surface area contributed by atoms with Crippen molar-refractivity contribution in [2.24, 2.45) is 0 Å². The van der Waals surface area contributed by atoms with E-state index in [1.54, 1.807) is 24.3 Å². The second kappa shape index (κ2) is 6.76. The number of benzene rings is 1. The van der Waals surface area contributed by atoms with Crippen LogP contribution in [0.2, 0.25) is 0 Å². The zero-order chi connectivity index (χ0) is 14.5. The van der Waals surface area contributed by atoms with Crippen LogP contribution in [-0.4, -0.2) is 23.9 Å². The fourth-order valence-corrected chi connectivity index (χ4v) is 2.59. The summed E-state index contributed by atoms with van der Waals surface area (Å²) in [7, 11) is 0. The van der Waals surface area contributed by atoms with Gasteiger partial charge in [0.1, 0.15) is 5.01 Å². The van der Waals surface area contributed by atoms with Crippen LogP contribution in [0.3, 0.4) is 0 Å². The molecule has 0 saturated carbocycles. The fraction of sp³-hybridized carbons (Fsp3) is 0.231. The van der Waals surface area contributed by atoms with Crippen molar-refractivity contribution in [1.82, 2.24) is 10.3 Å². The Labute approximate surface area is 123 Å². The van der Waals surface area contributed by atoms with Crippen molar-refractivity contribution in [2.45, 2.75) is 12.3 Å². The van der Waals surface area contributed by atoms with Crippen molar-refractivity contribution < 1.29 is 13.6 Å². The van der Waals surface area contributed by atoms with Crippen LogP contribution >= 0.6 is 22.9 Å². The normalized spacial score (nSPS) is 10.8. The Balaban J connectivity index is 2.07. The number of halogens is 3. The number of nitrogens with one attached hydrogen (secondary N) is 1. The Bertz CT molecular complexity index is 586. The summed E-state index contributed by atoms with van der Waals surface area (Å²) in [6.07, 6.45) is -2.55. The highest BCUT2D eigenvalue weighted by Gasteiger charge is 2.10. The average molecular weight is 317 g/mol. The van der Waals surface area contributed by atoms with E-state index in [2.05, 4.69) is 10.3 Å². The minimum atomic E-state index is -2.55. The van der Waals surface area contributed by atoms with Crippen LogP contribution < -0.4 is 5.32 Å². The van der Waals surface area contributed by atoms with Crippen molar-refractivity contribution in [1.29, 1.82) is 0 Å². The zero-order valence-corrected chi connectivity index (χ0v) is 11.8. The van der Waals surface area contributed by atoms with Gasteiger partial charge in [0, 0.05) is 16.5 Å². The summed E-state index contributed by atoms with van der Waals surface area (Å²) in [4.78, 5) is 15.9. The average Bonchev–Trinajstić information content (AvgIpc) is 2.94. The Morgan fingerprint density at radius 3 is 2.60 bits per heavy atom. The van der Waals surface area contributed by atoms with Crippen LogP contribution in [0.1, 0.15) is 16.1 Å². The van der Waals surface area contributed by atoms with Gasteiger partial charge in [0.25, 0.3) is 12.3 Å². The van der Waals surface area contributed by atoms with Gasteiger partial charge in [-0.05, 0) is 12.1 Å². The largest absolute Gasteiger partial charge is 0.346 e. The molecular formula is C13H11ClF2N2OS. The van der Waals surface area contributed by atoms with E-state index in [1.165, 1.54) is 11.3 Å². The number of amides is 1. The minimum Gasteiger partial charge on any atom is -0.346 e. The molecule has 7 heteroatoms. The smallest absolute Gasteiger partial charge is 0.255 e. The highest BCUT2D eigenvalue weighted by Crippen LogP contribution is 2.24. The third-order valence-corrected chi connectivity index (χ3v) is 3.71. The van der Waals surface area contributed by atoms with Crippen LogP contribution in [0.25, 0.3) is 10.6 Å². The van der Waals surface area contributed by atoms with Gasteiger partial charge in [0.15, 0.2) is 0 Å². The van der Waals surface area contributed by atoms with E-state index in [0.717, 1.165) is 16.3 Å². The van der Waals surface area contributed by atoms with Gasteiger partial charge in [0.05, 0.1) is 18.1 Å². The molecule has 3 nitrogen and oxygen atoms in total. The van der Waals surface area contributed by atoms with E-state index >= 15 is 0 Å². The lowest BCUT2D eigenvalue weighted by atomic mass is 10.1. The molecule has 0 aliphatic rings. The van der Waals surface area contributed by atoms with Gasteiger partial charge in [-0.2, -0.15) is 0 Å². The molecule has 0 fully saturated rings. The molecule has 2 rings (SSSR count). The predicted octanol–water partition coefficient (Wildman–Crippen LogP) is 3.54. The predicted molar refractivity (Wildman–Crippen MR) is 75.4 cm³/mol. The maximum Gasteiger partial charge on any atom is 0.255 e. The van der Waals surface area contributed by atoms with Crippen LogP contribution in [0, 0.1) is 0 Å². The van der Waals surface area contributed by atoms with Crippen LogP contribution in [-0.2, 0) is 5.88 Å². The highest BCUT2D eigenvalue weighted by molar-refractivity contribution is 7.13. The molecule has 0 unspecified atom stereocenters. The van der Waals surface area contributed by atoms with E-state index in [0.29, 0.717) is 11.4 Å². The Morgan fingerprint density at radius 2 is 2.05 bits per heavy atom. The number of aromatic nitrogens is 1. The molecule has 0 saturated heterocycles. The summed E-state index contributed by atoms with van der Waals surface area (Å²) in [5, 5.41) is 4.82. The van der Waals surface area contributed by atoms with Gasteiger partial charge in [0.2, 0.25) is 0 Å². The Kier molecular flexibility index (Phi) is 5.03. The standard InChI is InChI=1S/C13H11ClF2N2OS/c14-5-10-7-20-13(18-10)9-3-1-8(2-4-9)12(19)17-6-11(15)16/h1-4,7,11H,5-6H2,(H,17,19). The molecule has 0 spiro atoms. The van der Waals surface area contributed by atoms with Gasteiger partial charge >= 0.3 is 0 Å². The van der Waals surface area contributed by atoms with Crippen LogP contribution in [0.4, 0.5) is 8.78 Å². The van der Waals surface area contributed by atoms with Crippen molar-refractivity contribution in [2.75, 3.05) is 6.54 Å². The zero-order valence-electron chi connectivity index (χ0n) is 10.3. The molecular weight excluding hydrogens is 306 g/mol. The van der Waals surface area contributed by atoms with Gasteiger partial charge < -0.3 is 5.32 Å². The number of alkyl halides is 3. The quantitative estimate of drug-likeness (QED) is 0.857. The molecule has 1 aromatic carbocycles. The molecule has 0 aliphatic carbocycles. The minimum absolute atomic E-state index is 0.337. The molecule has 0 aliphatic heterocycles. The first-order valence-electron chi connectivity index (χ1n) is 5.77. The first-order valence-corrected chi connectivity index (χ1v) is 7.18. The molecule has 0 bridgehead atoms. The summed E-state index contributed by atoms with van der Waals surface area (Å²) in [5.41, 5.74) is 1.99. The SMILES string of the molecule is O=C(NCC(F)F)c1ccc(-c2nc(CCl)cs2)cc1. The highest BCUT2D eigenvalue weighted by atomic mass is 35.5. The first-order chi connectivity index (χ1) is 9.60. The number of hydrogen-bond acceptors (Lipinski definition) is 3. The second-order valence-corrected chi connectivity index (χ2v) is 5.08. The van der Waals surface area contributed by atoms with Gasteiger partial charge in [-0.15, -0.1) is 22.9 Å². The molecule has 106 valence electrons. The lowest BCUT2D eigenvalue weighted by Gasteiger charge is -2.04. The molecule has 1 heterocycles. The maximum absolute atomic E-state index is 12.0. The molecule has 1 aromatic heterocycles. The number of carbonyl (C=O) groups is 1. The van der Waals surface area contributed by atoms with Gasteiger partial charge in [-0.1, -0.05) is 12.1 Å². The topological polar surface area (TPSA) is 42.0 Å². The molecule has 2 aromatic rings. The third kappa shape index (κ3) is 3.74. The van der Waals surface area contributed by atoms with Crippen molar-refractivity contribution in [3.8, 4) is 10.6 Å². The first kappa shape index (κ1) is 14.9. The number of rotatable bonds is 5. The lowest BCUT2D eigenvalue weighted by molar-refractivity contribution is 0.0891. The summed E-state index contributed by atoms with van der Waals surface area (Å²) in [6, 6.07) is 6.62. The molecule has 0 radical (unpaired) electrons. The van der Waals surface area contributed by atoms with E-state index in [-0.39, 0.29) is 0 Å². The van der Waals surface area contributed by atoms with Crippen LogP contribution in [0.15, 0.2) is 29.6 Å². The third-order valence-electron chi connectivity index (χ3n) is 2.50. The molecule has 1 amide bonds. The summed E-state index contributed by atoms with van der Waals surface area (Å²) in [5.74, 6) is -0.164. The summed E-state index contributed by atoms with van der Waals surface area (Å²) in [6.45, 7) is -0.647. The van der Waals surface area contributed by atoms with E-state index < -0.39 is 18.9 Å². The van der Waals surface area contributed by atoms with E-state index in [1.807, 2.05) is 5.38 Å². The van der Waals surface area contributed by atoms with Crippen LogP contribution in [0.5, 0.6) is 0 Å². The lowest BCUT2D eigenvalue weighted by Crippen LogP contribution is -2.28. The Hall–Kier alpha value is -1.53. The van der Waals surface area contributed by atoms with Crippen molar-refractivity contribution in [3.63, 3.8) is 0 Å². The fourth-order valence-electron chi connectivity index (χ4n) is 1.54. The van der Waals surface area contributed by atoms with E-state index in [4.69, 9.17) is 11.6 Å². The second-order valence-electron chi connectivity index (χ2n) is 3.96. The van der Waals surface area contributed by atoms with E-state index in [9.17, 15) is 13.6 Å². The maximum atomic E-state index is 12.0. The number of carbonyl (C=O) groups excluding carboxylic acids is 1. The number of hydrogen-bond donors (Lipinski definition) is 1. The number of nitrogens with zero attached hydrogens (tertiary/aromatic N) is 1. The van der Waals surface area contributed by atoms with Gasteiger partial charge in [-0.3, -0.25) is 4.79 Å². The van der Waals surface area contributed by atoms with Crippen molar-refractivity contribution >= 4 is 28.8 Å². The number of thiazole rings is 1. The van der Waals surface area contributed by atoms with Crippen molar-refractivity contribution in [3.05, 3.63) is 40.9 Å².